The molecule has 0 amide bonds. The minimum absolute atomic E-state index is 0.00572. The van der Waals surface area contributed by atoms with Gasteiger partial charge in [-0.2, -0.15) is 0 Å². The van der Waals surface area contributed by atoms with E-state index in [0.717, 1.165) is 6.29 Å². The number of benzene rings is 1. The van der Waals surface area contributed by atoms with Crippen LogP contribution < -0.4 is 0 Å². The van der Waals surface area contributed by atoms with Gasteiger partial charge in [0.15, 0.2) is 26.5 Å². The van der Waals surface area contributed by atoms with Gasteiger partial charge in [-0.1, -0.05) is 59.7 Å². The first kappa shape index (κ1) is 34.3. The summed E-state index contributed by atoms with van der Waals surface area (Å²) in [6, 6.07) is 8.40. The summed E-state index contributed by atoms with van der Waals surface area (Å²) in [6.45, 7) is 22.6. The zero-order valence-electron chi connectivity index (χ0n) is 25.9. The molecule has 7 nitrogen and oxygen atoms in total. The average molecular weight is 601 g/mol. The summed E-state index contributed by atoms with van der Waals surface area (Å²) in [5.41, 5.74) is 0. The normalized spacial score (nSPS) is 24.1. The Kier molecular flexibility index (Phi) is 11.4. The van der Waals surface area contributed by atoms with Crippen molar-refractivity contribution in [2.45, 2.75) is 120 Å². The predicted molar refractivity (Wildman–Crippen MR) is 162 cm³/mol. The van der Waals surface area contributed by atoms with Crippen LogP contribution in [0.2, 0.25) is 36.3 Å². The van der Waals surface area contributed by atoms with E-state index in [1.165, 1.54) is 0 Å². The lowest BCUT2D eigenvalue weighted by Gasteiger charge is -2.42. The highest BCUT2D eigenvalue weighted by atomic mass is 32.2. The van der Waals surface area contributed by atoms with Gasteiger partial charge in [-0.15, -0.1) is 0 Å². The number of methoxy groups -OCH3 is 1. The van der Waals surface area contributed by atoms with Gasteiger partial charge >= 0.3 is 0 Å². The molecule has 224 valence electrons. The molecule has 0 aliphatic carbocycles. The van der Waals surface area contributed by atoms with E-state index in [1.807, 2.05) is 0 Å². The maximum Gasteiger partial charge on any atom is 0.192 e. The van der Waals surface area contributed by atoms with Gasteiger partial charge in [0.25, 0.3) is 0 Å². The smallest absolute Gasteiger partial charge is 0.192 e. The van der Waals surface area contributed by atoms with Crippen molar-refractivity contribution in [1.29, 1.82) is 0 Å². The molecule has 0 aromatic heterocycles. The van der Waals surface area contributed by atoms with Gasteiger partial charge in [0.2, 0.25) is 0 Å². The molecule has 0 saturated carbocycles. The van der Waals surface area contributed by atoms with E-state index in [4.69, 9.17) is 18.3 Å². The molecule has 1 aliphatic heterocycles. The fourth-order valence-electron chi connectivity index (χ4n) is 4.43. The maximum atomic E-state index is 13.3. The summed E-state index contributed by atoms with van der Waals surface area (Å²) in [6.07, 6.45) is -0.307. The Balaban J connectivity index is 2.35. The Morgan fingerprint density at radius 2 is 1.51 bits per heavy atom. The highest BCUT2D eigenvalue weighted by molar-refractivity contribution is 7.91. The minimum Gasteiger partial charge on any atom is -0.414 e. The predicted octanol–water partition coefficient (Wildman–Crippen LogP) is 6.25. The monoisotopic (exact) mass is 600 g/mol. The van der Waals surface area contributed by atoms with Gasteiger partial charge in [-0.05, 0) is 48.4 Å². The van der Waals surface area contributed by atoms with Crippen molar-refractivity contribution in [3.63, 3.8) is 0 Å². The zero-order valence-corrected chi connectivity index (χ0v) is 28.8. The molecule has 1 aromatic carbocycles. The standard InChI is InChI=1S/C29H52O7SSi2/c1-28(2,3)38(8,9)34-20-22(36-39(10,11)29(4,5)6)19-26-27(33-7)24(25(35-26)17-18-30)21-37(31,32)23-15-13-12-14-16-23/h12-16,18,22,24-27H,17,19-21H2,1-11H3/t22-,24?,25-,26?,27+/m0/s1. The van der Waals surface area contributed by atoms with Crippen LogP contribution in [0.5, 0.6) is 0 Å². The van der Waals surface area contributed by atoms with Crippen molar-refractivity contribution in [2.24, 2.45) is 5.92 Å². The third-order valence-corrected chi connectivity index (χ3v) is 19.8. The van der Waals surface area contributed by atoms with Crippen molar-refractivity contribution in [2.75, 3.05) is 19.5 Å². The van der Waals surface area contributed by atoms with E-state index in [1.54, 1.807) is 37.4 Å². The fraction of sp³-hybridized carbons (Fsp3) is 0.759. The van der Waals surface area contributed by atoms with Crippen LogP contribution in [0.3, 0.4) is 0 Å². The first-order chi connectivity index (χ1) is 17.8. The van der Waals surface area contributed by atoms with E-state index in [9.17, 15) is 13.2 Å². The van der Waals surface area contributed by atoms with Crippen molar-refractivity contribution in [3.8, 4) is 0 Å². The van der Waals surface area contributed by atoms with E-state index in [-0.39, 0.29) is 33.2 Å². The number of sulfone groups is 1. The third-order valence-electron chi connectivity index (χ3n) is 8.93. The first-order valence-electron chi connectivity index (χ1n) is 14.0. The number of rotatable bonds is 13. The summed E-state index contributed by atoms with van der Waals surface area (Å²) in [4.78, 5) is 11.8. The molecular weight excluding hydrogens is 549 g/mol. The second-order valence-corrected chi connectivity index (χ2v) is 25.5. The summed E-state index contributed by atoms with van der Waals surface area (Å²) in [5.74, 6) is -0.635. The van der Waals surface area contributed by atoms with Crippen LogP contribution in [0.1, 0.15) is 54.4 Å². The largest absolute Gasteiger partial charge is 0.414 e. The molecule has 2 unspecified atom stereocenters. The molecule has 0 radical (unpaired) electrons. The molecule has 1 aliphatic rings. The Hall–Kier alpha value is -0.886. The molecule has 5 atom stereocenters. The topological polar surface area (TPSA) is 88.1 Å². The van der Waals surface area contributed by atoms with Gasteiger partial charge in [0, 0.05) is 25.9 Å². The van der Waals surface area contributed by atoms with Crippen molar-refractivity contribution < 1.29 is 31.5 Å². The van der Waals surface area contributed by atoms with Crippen molar-refractivity contribution >= 4 is 32.8 Å². The molecular formula is C29H52O7SSi2. The molecule has 1 fully saturated rings. The number of aldehydes is 1. The Bertz CT molecular complexity index is 1030. The SMILES string of the molecule is CO[C@H]1C(C[C@@H](CO[Si](C)(C)C(C)(C)C)O[Si](C)(C)C(C)(C)C)O[C@@H](CC=O)C1CS(=O)(=O)c1ccccc1. The van der Waals surface area contributed by atoms with Crippen molar-refractivity contribution in [1.82, 2.24) is 0 Å². The Morgan fingerprint density at radius 1 is 0.949 bits per heavy atom. The Morgan fingerprint density at radius 3 is 2.00 bits per heavy atom. The maximum absolute atomic E-state index is 13.3. The van der Waals surface area contributed by atoms with Gasteiger partial charge in [0.05, 0.1) is 41.7 Å². The van der Waals surface area contributed by atoms with Crippen LogP contribution in [0.25, 0.3) is 0 Å². The second kappa shape index (κ2) is 13.0. The summed E-state index contributed by atoms with van der Waals surface area (Å²) in [7, 11) is -6.22. The van der Waals surface area contributed by atoms with E-state index < -0.39 is 50.7 Å². The number of hydrogen-bond acceptors (Lipinski definition) is 7. The van der Waals surface area contributed by atoms with Gasteiger partial charge in [-0.3, -0.25) is 0 Å². The van der Waals surface area contributed by atoms with Gasteiger partial charge < -0.3 is 23.1 Å². The molecule has 2 rings (SSSR count). The minimum atomic E-state index is -3.60. The zero-order chi connectivity index (χ0) is 29.9. The summed E-state index contributed by atoms with van der Waals surface area (Å²) in [5, 5.41) is 0.0607. The van der Waals surface area contributed by atoms with Crippen molar-refractivity contribution in [3.05, 3.63) is 30.3 Å². The van der Waals surface area contributed by atoms with E-state index >= 15 is 0 Å². The molecule has 10 heteroatoms. The third kappa shape index (κ3) is 8.80. The molecule has 0 spiro atoms. The molecule has 1 heterocycles. The van der Waals surface area contributed by atoms with Crippen LogP contribution in [0.4, 0.5) is 0 Å². The van der Waals surface area contributed by atoms with Gasteiger partial charge in [0.1, 0.15) is 6.29 Å². The lowest BCUT2D eigenvalue weighted by Crippen LogP contribution is -2.49. The van der Waals surface area contributed by atoms with Crippen LogP contribution in [0.15, 0.2) is 35.2 Å². The van der Waals surface area contributed by atoms with E-state index in [0.29, 0.717) is 13.0 Å². The summed E-state index contributed by atoms with van der Waals surface area (Å²) < 4.78 is 52.4. The van der Waals surface area contributed by atoms with E-state index in [2.05, 4.69) is 67.7 Å². The highest BCUT2D eigenvalue weighted by Crippen LogP contribution is 2.41. The number of carbonyl (C=O) groups excluding carboxylic acids is 1. The fourth-order valence-corrected chi connectivity index (χ4v) is 8.49. The number of carbonyl (C=O) groups is 1. The second-order valence-electron chi connectivity index (χ2n) is 13.9. The molecule has 0 bridgehead atoms. The van der Waals surface area contributed by atoms with Crippen LogP contribution in [-0.4, -0.2) is 75.2 Å². The molecule has 1 aromatic rings. The summed E-state index contributed by atoms with van der Waals surface area (Å²) >= 11 is 0. The highest BCUT2D eigenvalue weighted by Gasteiger charge is 2.49. The Labute approximate surface area is 239 Å². The van der Waals surface area contributed by atoms with Gasteiger partial charge in [-0.25, -0.2) is 8.42 Å². The average Bonchev–Trinajstić information content (AvgIpc) is 3.11. The molecule has 39 heavy (non-hydrogen) atoms. The lowest BCUT2D eigenvalue weighted by molar-refractivity contribution is -0.111. The van der Waals surface area contributed by atoms with Crippen LogP contribution in [-0.2, 0) is 33.0 Å². The molecule has 1 saturated heterocycles. The lowest BCUT2D eigenvalue weighted by atomic mass is 9.94. The molecule has 0 N–H and O–H groups in total. The quantitative estimate of drug-likeness (QED) is 0.195. The number of ether oxygens (including phenoxy) is 2. The number of hydrogen-bond donors (Lipinski definition) is 0. The first-order valence-corrected chi connectivity index (χ1v) is 21.4. The van der Waals surface area contributed by atoms with Crippen LogP contribution >= 0.6 is 0 Å². The van der Waals surface area contributed by atoms with Crippen LogP contribution in [0, 0.1) is 5.92 Å².